The van der Waals surface area contributed by atoms with Crippen LogP contribution in [0.5, 0.6) is 5.75 Å². The average molecular weight is 273 g/mol. The molecule has 1 heterocycles. The first kappa shape index (κ1) is 14.6. The topological polar surface area (TPSA) is 39.1 Å². The number of ether oxygens (including phenoxy) is 1. The molecule has 1 atom stereocenters. The van der Waals surface area contributed by atoms with Crippen molar-refractivity contribution in [2.75, 3.05) is 0 Å². The molecule has 4 nitrogen and oxygen atoms in total. The number of imidazole rings is 1. The molecule has 0 spiro atoms. The Labute approximate surface area is 120 Å². The first-order valence-corrected chi connectivity index (χ1v) is 7.01. The summed E-state index contributed by atoms with van der Waals surface area (Å²) in [7, 11) is 2.01. The van der Waals surface area contributed by atoms with Crippen LogP contribution in [0.15, 0.2) is 36.8 Å². The van der Waals surface area contributed by atoms with Gasteiger partial charge in [-0.3, -0.25) is 0 Å². The maximum Gasteiger partial charge on any atom is 0.120 e. The summed E-state index contributed by atoms with van der Waals surface area (Å²) in [5, 5.41) is 3.51. The highest BCUT2D eigenvalue weighted by Gasteiger charge is 2.08. The van der Waals surface area contributed by atoms with Crippen LogP contribution in [0.25, 0.3) is 0 Å². The van der Waals surface area contributed by atoms with E-state index in [1.54, 1.807) is 0 Å². The monoisotopic (exact) mass is 273 g/mol. The summed E-state index contributed by atoms with van der Waals surface area (Å²) < 4.78 is 7.76. The fraction of sp³-hybridized carbons (Fsp3) is 0.438. The number of hydrogen-bond acceptors (Lipinski definition) is 3. The minimum absolute atomic E-state index is 0.197. The van der Waals surface area contributed by atoms with Crippen LogP contribution < -0.4 is 10.1 Å². The molecule has 0 aliphatic carbocycles. The van der Waals surface area contributed by atoms with E-state index < -0.39 is 0 Å². The van der Waals surface area contributed by atoms with Crippen molar-refractivity contribution in [3.63, 3.8) is 0 Å². The Bertz CT molecular complexity index is 548. The van der Waals surface area contributed by atoms with Crippen LogP contribution in [-0.2, 0) is 13.6 Å². The first-order chi connectivity index (χ1) is 9.56. The summed E-state index contributed by atoms with van der Waals surface area (Å²) in [6.45, 7) is 7.03. The zero-order valence-electron chi connectivity index (χ0n) is 12.6. The fourth-order valence-electron chi connectivity index (χ4n) is 2.06. The standard InChI is InChI=1S/C16H23N3O/c1-12(2)20-16-7-5-6-14(8-16)13(3)18-10-15-9-17-11-19(15)4/h5-9,11-13,18H,10H2,1-4H3. The van der Waals surface area contributed by atoms with E-state index in [0.717, 1.165) is 12.3 Å². The van der Waals surface area contributed by atoms with Gasteiger partial charge in [-0.05, 0) is 38.5 Å². The summed E-state index contributed by atoms with van der Waals surface area (Å²) >= 11 is 0. The smallest absolute Gasteiger partial charge is 0.120 e. The maximum absolute atomic E-state index is 5.73. The van der Waals surface area contributed by atoms with Gasteiger partial charge in [-0.25, -0.2) is 4.98 Å². The molecule has 0 saturated carbocycles. The second-order valence-corrected chi connectivity index (χ2v) is 5.34. The largest absolute Gasteiger partial charge is 0.491 e. The molecule has 0 bridgehead atoms. The summed E-state index contributed by atoms with van der Waals surface area (Å²) in [5.74, 6) is 0.923. The minimum Gasteiger partial charge on any atom is -0.491 e. The summed E-state index contributed by atoms with van der Waals surface area (Å²) in [5.41, 5.74) is 2.40. The molecular weight excluding hydrogens is 250 g/mol. The van der Waals surface area contributed by atoms with Gasteiger partial charge in [-0.2, -0.15) is 0 Å². The van der Waals surface area contributed by atoms with E-state index in [9.17, 15) is 0 Å². The molecule has 1 N–H and O–H groups in total. The second-order valence-electron chi connectivity index (χ2n) is 5.34. The molecule has 0 radical (unpaired) electrons. The van der Waals surface area contributed by atoms with Gasteiger partial charge < -0.3 is 14.6 Å². The molecule has 1 aromatic heterocycles. The maximum atomic E-state index is 5.73. The van der Waals surface area contributed by atoms with Crippen molar-refractivity contribution in [2.45, 2.75) is 39.5 Å². The highest BCUT2D eigenvalue weighted by atomic mass is 16.5. The van der Waals surface area contributed by atoms with Gasteiger partial charge in [0, 0.05) is 25.8 Å². The van der Waals surface area contributed by atoms with Gasteiger partial charge in [-0.1, -0.05) is 12.1 Å². The van der Waals surface area contributed by atoms with E-state index in [2.05, 4.69) is 29.4 Å². The van der Waals surface area contributed by atoms with Crippen LogP contribution in [0, 0.1) is 0 Å². The lowest BCUT2D eigenvalue weighted by molar-refractivity contribution is 0.242. The number of aryl methyl sites for hydroxylation is 1. The van der Waals surface area contributed by atoms with Gasteiger partial charge in [0.1, 0.15) is 5.75 Å². The molecule has 1 unspecified atom stereocenters. The highest BCUT2D eigenvalue weighted by molar-refractivity contribution is 5.30. The predicted octanol–water partition coefficient (Wildman–Crippen LogP) is 3.06. The summed E-state index contributed by atoms with van der Waals surface area (Å²) in [6, 6.07) is 8.52. The molecule has 0 saturated heterocycles. The Hall–Kier alpha value is -1.81. The van der Waals surface area contributed by atoms with E-state index in [1.165, 1.54) is 11.3 Å². The van der Waals surface area contributed by atoms with Gasteiger partial charge in [-0.15, -0.1) is 0 Å². The number of benzene rings is 1. The highest BCUT2D eigenvalue weighted by Crippen LogP contribution is 2.20. The third-order valence-electron chi connectivity index (χ3n) is 3.24. The lowest BCUT2D eigenvalue weighted by Gasteiger charge is -2.16. The van der Waals surface area contributed by atoms with E-state index in [4.69, 9.17) is 4.74 Å². The molecule has 2 aromatic rings. The van der Waals surface area contributed by atoms with Crippen molar-refractivity contribution in [2.24, 2.45) is 7.05 Å². The number of nitrogens with zero attached hydrogens (tertiary/aromatic N) is 2. The zero-order valence-corrected chi connectivity index (χ0v) is 12.6. The predicted molar refractivity (Wildman–Crippen MR) is 80.7 cm³/mol. The SMILES string of the molecule is CC(C)Oc1cccc(C(C)NCc2cncn2C)c1. The Morgan fingerprint density at radius 3 is 2.75 bits per heavy atom. The normalized spacial score (nSPS) is 12.7. The minimum atomic E-state index is 0.197. The van der Waals surface area contributed by atoms with Crippen LogP contribution >= 0.6 is 0 Å². The molecule has 20 heavy (non-hydrogen) atoms. The molecule has 0 aliphatic heterocycles. The van der Waals surface area contributed by atoms with Gasteiger partial charge >= 0.3 is 0 Å². The average Bonchev–Trinajstić information content (AvgIpc) is 2.81. The van der Waals surface area contributed by atoms with E-state index in [0.29, 0.717) is 0 Å². The van der Waals surface area contributed by atoms with Crippen molar-refractivity contribution in [1.29, 1.82) is 0 Å². The van der Waals surface area contributed by atoms with Gasteiger partial charge in [0.15, 0.2) is 0 Å². The number of rotatable bonds is 6. The molecular formula is C16H23N3O. The molecule has 0 amide bonds. The Morgan fingerprint density at radius 2 is 2.10 bits per heavy atom. The Kier molecular flexibility index (Phi) is 4.79. The Morgan fingerprint density at radius 1 is 1.30 bits per heavy atom. The molecule has 0 fully saturated rings. The number of hydrogen-bond donors (Lipinski definition) is 1. The van der Waals surface area contributed by atoms with Crippen molar-refractivity contribution in [3.8, 4) is 5.75 Å². The van der Waals surface area contributed by atoms with E-state index in [1.807, 2.05) is 50.1 Å². The number of aromatic nitrogens is 2. The van der Waals surface area contributed by atoms with Crippen molar-refractivity contribution in [1.82, 2.24) is 14.9 Å². The lowest BCUT2D eigenvalue weighted by atomic mass is 10.1. The van der Waals surface area contributed by atoms with Crippen molar-refractivity contribution >= 4 is 0 Å². The van der Waals surface area contributed by atoms with Crippen LogP contribution in [0.2, 0.25) is 0 Å². The van der Waals surface area contributed by atoms with Crippen LogP contribution in [0.4, 0.5) is 0 Å². The quantitative estimate of drug-likeness (QED) is 0.879. The molecule has 4 heteroatoms. The van der Waals surface area contributed by atoms with Gasteiger partial charge in [0.05, 0.1) is 18.1 Å². The molecule has 1 aromatic carbocycles. The van der Waals surface area contributed by atoms with E-state index in [-0.39, 0.29) is 12.1 Å². The third kappa shape index (κ3) is 3.84. The van der Waals surface area contributed by atoms with Crippen LogP contribution in [0.3, 0.4) is 0 Å². The molecule has 0 aliphatic rings. The van der Waals surface area contributed by atoms with Crippen molar-refractivity contribution in [3.05, 3.63) is 48.0 Å². The van der Waals surface area contributed by atoms with Gasteiger partial charge in [0.2, 0.25) is 0 Å². The molecule has 108 valence electrons. The van der Waals surface area contributed by atoms with Crippen molar-refractivity contribution < 1.29 is 4.74 Å². The first-order valence-electron chi connectivity index (χ1n) is 7.01. The van der Waals surface area contributed by atoms with Crippen LogP contribution in [-0.4, -0.2) is 15.7 Å². The second kappa shape index (κ2) is 6.57. The van der Waals surface area contributed by atoms with E-state index >= 15 is 0 Å². The Balaban J connectivity index is 1.98. The third-order valence-corrected chi connectivity index (χ3v) is 3.24. The number of nitrogens with one attached hydrogen (secondary N) is 1. The lowest BCUT2D eigenvalue weighted by Crippen LogP contribution is -2.19. The molecule has 2 rings (SSSR count). The van der Waals surface area contributed by atoms with Crippen LogP contribution in [0.1, 0.15) is 38.1 Å². The summed E-state index contributed by atoms with van der Waals surface area (Å²) in [6.07, 6.45) is 3.90. The zero-order chi connectivity index (χ0) is 14.5. The summed E-state index contributed by atoms with van der Waals surface area (Å²) in [4.78, 5) is 4.12. The van der Waals surface area contributed by atoms with Gasteiger partial charge in [0.25, 0.3) is 0 Å². The fourth-order valence-corrected chi connectivity index (χ4v) is 2.06.